The number of anilines is 1. The van der Waals surface area contributed by atoms with E-state index in [0.717, 1.165) is 23.4 Å². The highest BCUT2D eigenvalue weighted by molar-refractivity contribution is 6.06. The van der Waals surface area contributed by atoms with E-state index in [9.17, 15) is 9.18 Å². The fourth-order valence-corrected chi connectivity index (χ4v) is 2.81. The second-order valence-corrected chi connectivity index (χ2v) is 6.71. The SMILES string of the molecule is COc1ccc(-c2n[nH]c(CC(C)C)c2NC(=O)c2ccc(F)cc2)cc1. The largest absolute Gasteiger partial charge is 0.497 e. The molecule has 3 rings (SSSR count). The van der Waals surface area contributed by atoms with Crippen LogP contribution >= 0.6 is 0 Å². The molecule has 0 aliphatic carbocycles. The van der Waals surface area contributed by atoms with Gasteiger partial charge in [-0.05, 0) is 60.9 Å². The third kappa shape index (κ3) is 4.34. The number of carbonyl (C=O) groups is 1. The first kappa shape index (κ1) is 18.6. The van der Waals surface area contributed by atoms with E-state index in [1.54, 1.807) is 7.11 Å². The molecule has 0 bridgehead atoms. The smallest absolute Gasteiger partial charge is 0.255 e. The van der Waals surface area contributed by atoms with Gasteiger partial charge in [0.1, 0.15) is 17.3 Å². The molecule has 0 aliphatic rings. The Morgan fingerprint density at radius 2 is 1.81 bits per heavy atom. The van der Waals surface area contributed by atoms with Gasteiger partial charge in [0, 0.05) is 11.1 Å². The first-order valence-electron chi connectivity index (χ1n) is 8.76. The summed E-state index contributed by atoms with van der Waals surface area (Å²) in [5.41, 5.74) is 3.39. The highest BCUT2D eigenvalue weighted by Gasteiger charge is 2.19. The van der Waals surface area contributed by atoms with Crippen LogP contribution in [-0.2, 0) is 6.42 Å². The Bertz CT molecular complexity index is 916. The third-order valence-corrected chi connectivity index (χ3v) is 4.16. The van der Waals surface area contributed by atoms with Crippen LogP contribution in [0.1, 0.15) is 29.9 Å². The Kier molecular flexibility index (Phi) is 5.54. The molecule has 27 heavy (non-hydrogen) atoms. The molecule has 5 nitrogen and oxygen atoms in total. The lowest BCUT2D eigenvalue weighted by atomic mass is 10.0. The van der Waals surface area contributed by atoms with Crippen molar-refractivity contribution < 1.29 is 13.9 Å². The average Bonchev–Trinajstić information content (AvgIpc) is 3.04. The molecule has 0 saturated carbocycles. The van der Waals surface area contributed by atoms with Crippen LogP contribution in [0.25, 0.3) is 11.3 Å². The highest BCUT2D eigenvalue weighted by atomic mass is 19.1. The quantitative estimate of drug-likeness (QED) is 0.665. The molecule has 0 saturated heterocycles. The maximum absolute atomic E-state index is 13.1. The summed E-state index contributed by atoms with van der Waals surface area (Å²) in [5, 5.41) is 10.4. The molecule has 0 fully saturated rings. The lowest BCUT2D eigenvalue weighted by molar-refractivity contribution is 0.102. The monoisotopic (exact) mass is 367 g/mol. The van der Waals surface area contributed by atoms with Crippen LogP contribution < -0.4 is 10.1 Å². The van der Waals surface area contributed by atoms with Gasteiger partial charge in [-0.2, -0.15) is 5.10 Å². The van der Waals surface area contributed by atoms with Crippen LogP contribution in [0.2, 0.25) is 0 Å². The van der Waals surface area contributed by atoms with E-state index in [2.05, 4.69) is 29.4 Å². The molecule has 140 valence electrons. The van der Waals surface area contributed by atoms with Crippen LogP contribution in [0.4, 0.5) is 10.1 Å². The van der Waals surface area contributed by atoms with Gasteiger partial charge in [-0.15, -0.1) is 0 Å². The first-order valence-corrected chi connectivity index (χ1v) is 8.76. The summed E-state index contributed by atoms with van der Waals surface area (Å²) in [4.78, 5) is 12.7. The summed E-state index contributed by atoms with van der Waals surface area (Å²) in [6.45, 7) is 4.19. The van der Waals surface area contributed by atoms with E-state index in [-0.39, 0.29) is 11.7 Å². The zero-order chi connectivity index (χ0) is 19.4. The predicted octanol–water partition coefficient (Wildman–Crippen LogP) is 4.68. The van der Waals surface area contributed by atoms with Crippen LogP contribution in [0.5, 0.6) is 5.75 Å². The van der Waals surface area contributed by atoms with Crippen molar-refractivity contribution in [2.75, 3.05) is 12.4 Å². The molecular formula is C21H22FN3O2. The molecule has 2 N–H and O–H groups in total. The number of halogens is 1. The molecule has 1 heterocycles. The van der Waals surface area contributed by atoms with Crippen LogP contribution in [-0.4, -0.2) is 23.2 Å². The van der Waals surface area contributed by atoms with Gasteiger partial charge in [-0.3, -0.25) is 9.89 Å². The zero-order valence-electron chi connectivity index (χ0n) is 15.5. The highest BCUT2D eigenvalue weighted by Crippen LogP contribution is 2.31. The topological polar surface area (TPSA) is 67.0 Å². The van der Waals surface area contributed by atoms with Crippen LogP contribution in [0.15, 0.2) is 48.5 Å². The van der Waals surface area contributed by atoms with Crippen molar-refractivity contribution in [1.29, 1.82) is 0 Å². The molecule has 0 spiro atoms. The molecule has 0 unspecified atom stereocenters. The lowest BCUT2D eigenvalue weighted by Gasteiger charge is -2.10. The summed E-state index contributed by atoms with van der Waals surface area (Å²) in [6.07, 6.45) is 0.738. The second-order valence-electron chi connectivity index (χ2n) is 6.71. The maximum atomic E-state index is 13.1. The molecular weight excluding hydrogens is 345 g/mol. The number of hydrogen-bond acceptors (Lipinski definition) is 3. The first-order chi connectivity index (χ1) is 13.0. The number of amides is 1. The van der Waals surface area contributed by atoms with Crippen LogP contribution in [0, 0.1) is 11.7 Å². The number of benzene rings is 2. The number of hydrogen-bond donors (Lipinski definition) is 2. The molecule has 0 radical (unpaired) electrons. The zero-order valence-corrected chi connectivity index (χ0v) is 15.5. The Morgan fingerprint density at radius 3 is 2.41 bits per heavy atom. The fourth-order valence-electron chi connectivity index (χ4n) is 2.81. The molecule has 0 aliphatic heterocycles. The third-order valence-electron chi connectivity index (χ3n) is 4.16. The number of ether oxygens (including phenoxy) is 1. The van der Waals surface area contributed by atoms with Gasteiger partial charge in [0.05, 0.1) is 18.5 Å². The minimum atomic E-state index is -0.380. The number of rotatable bonds is 6. The summed E-state index contributed by atoms with van der Waals surface area (Å²) >= 11 is 0. The van der Waals surface area contributed by atoms with Crippen molar-refractivity contribution >= 4 is 11.6 Å². The number of nitrogens with zero attached hydrogens (tertiary/aromatic N) is 1. The van der Waals surface area contributed by atoms with Gasteiger partial charge in [0.15, 0.2) is 0 Å². The molecule has 1 amide bonds. The Hall–Kier alpha value is -3.15. The van der Waals surface area contributed by atoms with Crippen molar-refractivity contribution in [3.63, 3.8) is 0 Å². The van der Waals surface area contributed by atoms with Gasteiger partial charge < -0.3 is 10.1 Å². The van der Waals surface area contributed by atoms with Crippen LogP contribution in [0.3, 0.4) is 0 Å². The van der Waals surface area contributed by atoms with Gasteiger partial charge in [-0.25, -0.2) is 4.39 Å². The standard InChI is InChI=1S/C21H22FN3O2/c1-13(2)12-18-20(23-21(26)15-4-8-16(22)9-5-15)19(25-24-18)14-6-10-17(27-3)11-7-14/h4-11,13H,12H2,1-3H3,(H,23,26)(H,24,25). The molecule has 0 atom stereocenters. The molecule has 2 aromatic carbocycles. The van der Waals surface area contributed by atoms with Gasteiger partial charge in [-0.1, -0.05) is 13.8 Å². The maximum Gasteiger partial charge on any atom is 0.255 e. The van der Waals surface area contributed by atoms with Gasteiger partial charge >= 0.3 is 0 Å². The summed E-state index contributed by atoms with van der Waals surface area (Å²) < 4.78 is 18.3. The van der Waals surface area contributed by atoms with Crippen molar-refractivity contribution in [2.45, 2.75) is 20.3 Å². The van der Waals surface area contributed by atoms with E-state index < -0.39 is 0 Å². The number of nitrogens with one attached hydrogen (secondary N) is 2. The second kappa shape index (κ2) is 8.03. The van der Waals surface area contributed by atoms with E-state index in [4.69, 9.17) is 4.74 Å². The summed E-state index contributed by atoms with van der Waals surface area (Å²) in [7, 11) is 1.61. The van der Waals surface area contributed by atoms with Gasteiger partial charge in [0.25, 0.3) is 5.91 Å². The molecule has 1 aromatic heterocycles. The Labute approximate surface area is 157 Å². The normalized spacial score (nSPS) is 10.9. The van der Waals surface area contributed by atoms with E-state index >= 15 is 0 Å². The minimum absolute atomic E-state index is 0.309. The summed E-state index contributed by atoms with van der Waals surface area (Å²) in [6, 6.07) is 12.9. The van der Waals surface area contributed by atoms with Crippen molar-refractivity contribution in [3.05, 3.63) is 65.6 Å². The van der Waals surface area contributed by atoms with E-state index in [1.807, 2.05) is 24.3 Å². The van der Waals surface area contributed by atoms with Crippen molar-refractivity contribution in [3.8, 4) is 17.0 Å². The molecule has 6 heteroatoms. The fraction of sp³-hybridized carbons (Fsp3) is 0.238. The van der Waals surface area contributed by atoms with Crippen molar-refractivity contribution in [1.82, 2.24) is 10.2 Å². The predicted molar refractivity (Wildman–Crippen MR) is 103 cm³/mol. The number of aromatic amines is 1. The van der Waals surface area contributed by atoms with E-state index in [1.165, 1.54) is 24.3 Å². The lowest BCUT2D eigenvalue weighted by Crippen LogP contribution is -2.14. The number of H-pyrrole nitrogens is 1. The number of aromatic nitrogens is 2. The minimum Gasteiger partial charge on any atom is -0.497 e. The Balaban J connectivity index is 1.96. The Morgan fingerprint density at radius 1 is 1.15 bits per heavy atom. The van der Waals surface area contributed by atoms with Gasteiger partial charge in [0.2, 0.25) is 0 Å². The van der Waals surface area contributed by atoms with E-state index in [0.29, 0.717) is 22.9 Å². The number of methoxy groups -OCH3 is 1. The summed E-state index contributed by atoms with van der Waals surface area (Å²) in [5.74, 6) is 0.440. The molecule has 3 aromatic rings. The number of carbonyl (C=O) groups excluding carboxylic acids is 1. The average molecular weight is 367 g/mol. The van der Waals surface area contributed by atoms with Crippen molar-refractivity contribution in [2.24, 2.45) is 5.92 Å².